The molecule has 17 heavy (non-hydrogen) atoms. The van der Waals surface area contributed by atoms with Crippen molar-refractivity contribution in [1.82, 2.24) is 14.8 Å². The Hall–Kier alpha value is -2.04. The monoisotopic (exact) mass is 231 g/mol. The maximum atomic E-state index is 4.34. The van der Waals surface area contributed by atoms with E-state index in [-0.39, 0.29) is 0 Å². The Morgan fingerprint density at radius 1 is 1.29 bits per heavy atom. The smallest absolute Gasteiger partial charge is 0.128 e. The summed E-state index contributed by atoms with van der Waals surface area (Å²) < 4.78 is 1.80. The fourth-order valence-corrected chi connectivity index (χ4v) is 1.52. The average Bonchev–Trinajstić information content (AvgIpc) is 2.73. The summed E-state index contributed by atoms with van der Waals surface area (Å²) in [7, 11) is 5.87. The molecule has 5 heteroatoms. The van der Waals surface area contributed by atoms with Gasteiger partial charge < -0.3 is 10.2 Å². The SMILES string of the molecule is CN(C)c1ccc(NCc2cnn(C)c2)cn1. The Balaban J connectivity index is 1.95. The predicted octanol–water partition coefficient (Wildman–Crippen LogP) is 1.49. The van der Waals surface area contributed by atoms with E-state index in [1.165, 1.54) is 0 Å². The molecule has 0 aliphatic heterocycles. The summed E-state index contributed by atoms with van der Waals surface area (Å²) in [4.78, 5) is 6.32. The molecule has 0 spiro atoms. The maximum absolute atomic E-state index is 4.34. The number of nitrogens with one attached hydrogen (secondary N) is 1. The second-order valence-electron chi connectivity index (χ2n) is 4.18. The van der Waals surface area contributed by atoms with Gasteiger partial charge in [-0.2, -0.15) is 5.10 Å². The summed E-state index contributed by atoms with van der Waals surface area (Å²) in [5, 5.41) is 7.43. The van der Waals surface area contributed by atoms with Crippen molar-refractivity contribution >= 4 is 11.5 Å². The quantitative estimate of drug-likeness (QED) is 0.866. The van der Waals surface area contributed by atoms with Gasteiger partial charge in [0.25, 0.3) is 0 Å². The van der Waals surface area contributed by atoms with Crippen LogP contribution < -0.4 is 10.2 Å². The lowest BCUT2D eigenvalue weighted by Crippen LogP contribution is -2.10. The Morgan fingerprint density at radius 2 is 2.12 bits per heavy atom. The standard InChI is InChI=1S/C12H17N5/c1-16(2)12-5-4-11(8-14-12)13-6-10-7-15-17(3)9-10/h4-5,7-9,13H,6H2,1-3H3. The number of nitrogens with zero attached hydrogens (tertiary/aromatic N) is 4. The van der Waals surface area contributed by atoms with Gasteiger partial charge in [-0.05, 0) is 12.1 Å². The normalized spacial score (nSPS) is 10.3. The molecule has 1 N–H and O–H groups in total. The van der Waals surface area contributed by atoms with Crippen LogP contribution in [0.25, 0.3) is 0 Å². The van der Waals surface area contributed by atoms with Crippen LogP contribution >= 0.6 is 0 Å². The Kier molecular flexibility index (Phi) is 3.27. The molecule has 0 aromatic carbocycles. The van der Waals surface area contributed by atoms with Gasteiger partial charge in [-0.15, -0.1) is 0 Å². The number of pyridine rings is 1. The van der Waals surface area contributed by atoms with Crippen molar-refractivity contribution in [3.8, 4) is 0 Å². The maximum Gasteiger partial charge on any atom is 0.128 e. The fourth-order valence-electron chi connectivity index (χ4n) is 1.52. The van der Waals surface area contributed by atoms with E-state index in [2.05, 4.69) is 15.4 Å². The van der Waals surface area contributed by atoms with E-state index in [0.717, 1.165) is 23.6 Å². The van der Waals surface area contributed by atoms with Gasteiger partial charge in [0.1, 0.15) is 5.82 Å². The van der Waals surface area contributed by atoms with Crippen LogP contribution in [0.1, 0.15) is 5.56 Å². The van der Waals surface area contributed by atoms with Crippen LogP contribution in [0.4, 0.5) is 11.5 Å². The molecule has 0 unspecified atom stereocenters. The molecule has 0 fully saturated rings. The van der Waals surface area contributed by atoms with Crippen LogP contribution in [0.2, 0.25) is 0 Å². The first-order valence-electron chi connectivity index (χ1n) is 5.50. The minimum absolute atomic E-state index is 0.761. The van der Waals surface area contributed by atoms with Gasteiger partial charge in [0.05, 0.1) is 18.1 Å². The number of aryl methyl sites for hydroxylation is 1. The summed E-state index contributed by atoms with van der Waals surface area (Å²) in [5.41, 5.74) is 2.17. The molecule has 0 amide bonds. The fraction of sp³-hybridized carbons (Fsp3) is 0.333. The summed E-state index contributed by atoms with van der Waals surface area (Å²) in [6.45, 7) is 0.761. The van der Waals surface area contributed by atoms with Crippen LogP contribution in [0, 0.1) is 0 Å². The van der Waals surface area contributed by atoms with Crippen molar-refractivity contribution < 1.29 is 0 Å². The average molecular weight is 231 g/mol. The molecule has 0 aliphatic rings. The van der Waals surface area contributed by atoms with E-state index in [0.29, 0.717) is 0 Å². The van der Waals surface area contributed by atoms with Gasteiger partial charge in [0.15, 0.2) is 0 Å². The van der Waals surface area contributed by atoms with E-state index in [4.69, 9.17) is 0 Å². The molecular weight excluding hydrogens is 214 g/mol. The minimum Gasteiger partial charge on any atom is -0.380 e. The molecule has 0 radical (unpaired) electrons. The molecule has 2 aromatic rings. The summed E-state index contributed by atoms with van der Waals surface area (Å²) in [6.07, 6.45) is 5.69. The highest BCUT2D eigenvalue weighted by Gasteiger charge is 1.99. The first kappa shape index (κ1) is 11.4. The number of aromatic nitrogens is 3. The van der Waals surface area contributed by atoms with Gasteiger partial charge in [-0.1, -0.05) is 0 Å². The highest BCUT2D eigenvalue weighted by atomic mass is 15.2. The lowest BCUT2D eigenvalue weighted by Gasteiger charge is -2.11. The van der Waals surface area contributed by atoms with Crippen LogP contribution in [0.5, 0.6) is 0 Å². The van der Waals surface area contributed by atoms with Gasteiger partial charge in [0.2, 0.25) is 0 Å². The van der Waals surface area contributed by atoms with Crippen LogP contribution in [-0.4, -0.2) is 28.9 Å². The molecular formula is C12H17N5. The third-order valence-corrected chi connectivity index (χ3v) is 2.46. The first-order chi connectivity index (χ1) is 8.15. The zero-order valence-electron chi connectivity index (χ0n) is 10.4. The van der Waals surface area contributed by atoms with E-state index in [1.54, 1.807) is 4.68 Å². The molecule has 2 rings (SSSR count). The van der Waals surface area contributed by atoms with E-state index in [9.17, 15) is 0 Å². The first-order valence-corrected chi connectivity index (χ1v) is 5.50. The molecule has 2 heterocycles. The summed E-state index contributed by atoms with van der Waals surface area (Å²) >= 11 is 0. The molecule has 2 aromatic heterocycles. The van der Waals surface area contributed by atoms with Crippen molar-refractivity contribution in [2.75, 3.05) is 24.3 Å². The lowest BCUT2D eigenvalue weighted by molar-refractivity contribution is 0.767. The zero-order chi connectivity index (χ0) is 12.3. The second-order valence-corrected chi connectivity index (χ2v) is 4.18. The highest BCUT2D eigenvalue weighted by molar-refractivity contribution is 5.48. The van der Waals surface area contributed by atoms with Crippen LogP contribution in [0.15, 0.2) is 30.7 Å². The van der Waals surface area contributed by atoms with Gasteiger partial charge in [-0.25, -0.2) is 4.98 Å². The number of hydrogen-bond donors (Lipinski definition) is 1. The Labute approximate surface area is 101 Å². The molecule has 0 aliphatic carbocycles. The minimum atomic E-state index is 0.761. The highest BCUT2D eigenvalue weighted by Crippen LogP contribution is 2.12. The third kappa shape index (κ3) is 2.96. The topological polar surface area (TPSA) is 46.0 Å². The molecule has 0 saturated heterocycles. The third-order valence-electron chi connectivity index (χ3n) is 2.46. The molecule has 0 bridgehead atoms. The largest absolute Gasteiger partial charge is 0.380 e. The summed E-state index contributed by atoms with van der Waals surface area (Å²) in [5.74, 6) is 0.955. The summed E-state index contributed by atoms with van der Waals surface area (Å²) in [6, 6.07) is 4.02. The zero-order valence-corrected chi connectivity index (χ0v) is 10.4. The van der Waals surface area contributed by atoms with Gasteiger partial charge >= 0.3 is 0 Å². The number of anilines is 2. The lowest BCUT2D eigenvalue weighted by atomic mass is 10.3. The van der Waals surface area contributed by atoms with Crippen molar-refractivity contribution in [2.24, 2.45) is 7.05 Å². The van der Waals surface area contributed by atoms with Crippen molar-refractivity contribution in [3.05, 3.63) is 36.3 Å². The molecule has 0 saturated carbocycles. The van der Waals surface area contributed by atoms with Crippen LogP contribution in [-0.2, 0) is 13.6 Å². The van der Waals surface area contributed by atoms with E-state index >= 15 is 0 Å². The van der Waals surface area contributed by atoms with Gasteiger partial charge in [0, 0.05) is 39.4 Å². The van der Waals surface area contributed by atoms with Gasteiger partial charge in [-0.3, -0.25) is 4.68 Å². The van der Waals surface area contributed by atoms with E-state index < -0.39 is 0 Å². The van der Waals surface area contributed by atoms with Crippen LogP contribution in [0.3, 0.4) is 0 Å². The molecule has 90 valence electrons. The molecule has 5 nitrogen and oxygen atoms in total. The van der Waals surface area contributed by atoms with Crippen molar-refractivity contribution in [1.29, 1.82) is 0 Å². The Morgan fingerprint density at radius 3 is 2.65 bits per heavy atom. The van der Waals surface area contributed by atoms with Crippen molar-refractivity contribution in [3.63, 3.8) is 0 Å². The second kappa shape index (κ2) is 4.86. The van der Waals surface area contributed by atoms with Crippen molar-refractivity contribution in [2.45, 2.75) is 6.54 Å². The Bertz CT molecular complexity index is 472. The molecule has 0 atom stereocenters. The number of rotatable bonds is 4. The predicted molar refractivity (Wildman–Crippen MR) is 69.1 cm³/mol. The van der Waals surface area contributed by atoms with E-state index in [1.807, 2.05) is 56.8 Å². The number of hydrogen-bond acceptors (Lipinski definition) is 4.